The molecule has 0 saturated carbocycles. The van der Waals surface area contributed by atoms with Crippen molar-refractivity contribution in [3.8, 4) is 0 Å². The molecular formula is C18H21N3OS. The molecule has 2 unspecified atom stereocenters. The summed E-state index contributed by atoms with van der Waals surface area (Å²) in [6.45, 7) is 1.05. The molecule has 1 amide bonds. The minimum absolute atomic E-state index is 0.0489. The molecule has 23 heavy (non-hydrogen) atoms. The van der Waals surface area contributed by atoms with E-state index in [0.717, 1.165) is 37.2 Å². The summed E-state index contributed by atoms with van der Waals surface area (Å²) >= 11 is 1.59. The number of hydrogen-bond donors (Lipinski definition) is 2. The first-order valence-electron chi connectivity index (χ1n) is 8.39. The van der Waals surface area contributed by atoms with Crippen LogP contribution < -0.4 is 10.6 Å². The van der Waals surface area contributed by atoms with Gasteiger partial charge in [0.05, 0.1) is 12.1 Å². The lowest BCUT2D eigenvalue weighted by atomic mass is 9.88. The summed E-state index contributed by atoms with van der Waals surface area (Å²) in [5, 5.41) is 9.54. The van der Waals surface area contributed by atoms with Crippen molar-refractivity contribution in [2.75, 3.05) is 6.54 Å². The maximum Gasteiger partial charge on any atom is 0.271 e. The third kappa shape index (κ3) is 3.03. The second kappa shape index (κ2) is 6.42. The Hall–Kier alpha value is -1.72. The molecule has 2 N–H and O–H groups in total. The van der Waals surface area contributed by atoms with Crippen LogP contribution >= 0.6 is 11.3 Å². The van der Waals surface area contributed by atoms with Gasteiger partial charge in [-0.2, -0.15) is 0 Å². The summed E-state index contributed by atoms with van der Waals surface area (Å²) in [5.41, 5.74) is 3.18. The maximum atomic E-state index is 12.6. The standard InChI is InChI=1S/C18H21N3OS/c22-17(16-11-23-18(21-16)15-9-4-10-19-15)20-14-8-3-6-12-5-1-2-7-13(12)14/h1-2,5,7,11,14-15,19H,3-4,6,8-10H2,(H,20,22). The van der Waals surface area contributed by atoms with Gasteiger partial charge in [-0.1, -0.05) is 24.3 Å². The number of carbonyl (C=O) groups is 1. The van der Waals surface area contributed by atoms with Gasteiger partial charge >= 0.3 is 0 Å². The van der Waals surface area contributed by atoms with E-state index in [-0.39, 0.29) is 11.9 Å². The van der Waals surface area contributed by atoms with Gasteiger partial charge in [-0.05, 0) is 49.8 Å². The molecule has 0 bridgehead atoms. The van der Waals surface area contributed by atoms with Crippen molar-refractivity contribution in [2.24, 2.45) is 0 Å². The molecular weight excluding hydrogens is 306 g/mol. The highest BCUT2D eigenvalue weighted by atomic mass is 32.1. The average Bonchev–Trinajstić information content (AvgIpc) is 3.26. The van der Waals surface area contributed by atoms with Crippen LogP contribution in [0.1, 0.15) is 64.4 Å². The van der Waals surface area contributed by atoms with Crippen molar-refractivity contribution >= 4 is 17.2 Å². The van der Waals surface area contributed by atoms with Crippen LogP contribution in [0.3, 0.4) is 0 Å². The van der Waals surface area contributed by atoms with E-state index in [1.54, 1.807) is 11.3 Å². The molecule has 0 radical (unpaired) electrons. The van der Waals surface area contributed by atoms with Crippen molar-refractivity contribution in [3.63, 3.8) is 0 Å². The largest absolute Gasteiger partial charge is 0.344 e. The van der Waals surface area contributed by atoms with Crippen molar-refractivity contribution in [2.45, 2.75) is 44.2 Å². The van der Waals surface area contributed by atoms with E-state index in [0.29, 0.717) is 11.7 Å². The summed E-state index contributed by atoms with van der Waals surface area (Å²) in [4.78, 5) is 17.1. The molecule has 4 nitrogen and oxygen atoms in total. The van der Waals surface area contributed by atoms with E-state index < -0.39 is 0 Å². The van der Waals surface area contributed by atoms with E-state index in [1.165, 1.54) is 17.5 Å². The SMILES string of the molecule is O=C(NC1CCCc2ccccc21)c1csc(C2CCCN2)n1. The topological polar surface area (TPSA) is 54.0 Å². The first-order valence-corrected chi connectivity index (χ1v) is 9.27. The molecule has 1 aliphatic heterocycles. The van der Waals surface area contributed by atoms with E-state index in [4.69, 9.17) is 0 Å². The van der Waals surface area contributed by atoms with Crippen LogP contribution in [0.4, 0.5) is 0 Å². The maximum absolute atomic E-state index is 12.6. The number of rotatable bonds is 3. The van der Waals surface area contributed by atoms with Gasteiger partial charge in [0.2, 0.25) is 0 Å². The van der Waals surface area contributed by atoms with E-state index in [2.05, 4.69) is 39.9 Å². The first kappa shape index (κ1) is 14.8. The van der Waals surface area contributed by atoms with Crippen molar-refractivity contribution < 1.29 is 4.79 Å². The van der Waals surface area contributed by atoms with Gasteiger partial charge in [-0.25, -0.2) is 4.98 Å². The van der Waals surface area contributed by atoms with Gasteiger partial charge in [-0.15, -0.1) is 11.3 Å². The molecule has 1 aromatic heterocycles. The van der Waals surface area contributed by atoms with Gasteiger partial charge in [0, 0.05) is 5.38 Å². The average molecular weight is 327 g/mol. The molecule has 0 spiro atoms. The fourth-order valence-electron chi connectivity index (χ4n) is 3.58. The lowest BCUT2D eigenvalue weighted by Gasteiger charge is -2.26. The normalized spacial score (nSPS) is 23.5. The quantitative estimate of drug-likeness (QED) is 0.909. The van der Waals surface area contributed by atoms with Crippen LogP contribution in [0.15, 0.2) is 29.6 Å². The molecule has 120 valence electrons. The third-order valence-electron chi connectivity index (χ3n) is 4.79. The number of nitrogens with one attached hydrogen (secondary N) is 2. The molecule has 1 aliphatic carbocycles. The van der Waals surface area contributed by atoms with Crippen molar-refractivity contribution in [1.82, 2.24) is 15.6 Å². The fourth-order valence-corrected chi connectivity index (χ4v) is 4.49. The number of aryl methyl sites for hydroxylation is 1. The lowest BCUT2D eigenvalue weighted by molar-refractivity contribution is 0.0928. The Morgan fingerprint density at radius 1 is 1.26 bits per heavy atom. The number of hydrogen-bond acceptors (Lipinski definition) is 4. The zero-order valence-electron chi connectivity index (χ0n) is 13.0. The third-order valence-corrected chi connectivity index (χ3v) is 5.75. The van der Waals surface area contributed by atoms with Crippen molar-refractivity contribution in [1.29, 1.82) is 0 Å². The Labute approximate surface area is 140 Å². The summed E-state index contributed by atoms with van der Waals surface area (Å²) in [6, 6.07) is 8.87. The Morgan fingerprint density at radius 3 is 3.04 bits per heavy atom. The van der Waals surface area contributed by atoms with Gasteiger partial charge < -0.3 is 10.6 Å². The smallest absolute Gasteiger partial charge is 0.271 e. The highest BCUT2D eigenvalue weighted by molar-refractivity contribution is 7.09. The number of amides is 1. The minimum atomic E-state index is -0.0489. The zero-order chi connectivity index (χ0) is 15.6. The molecule has 2 atom stereocenters. The Bertz CT molecular complexity index is 706. The Morgan fingerprint density at radius 2 is 2.17 bits per heavy atom. The van der Waals surface area contributed by atoms with Crippen LogP contribution in [0, 0.1) is 0 Å². The zero-order valence-corrected chi connectivity index (χ0v) is 13.9. The predicted molar refractivity (Wildman–Crippen MR) is 91.7 cm³/mol. The van der Waals surface area contributed by atoms with E-state index in [1.807, 2.05) is 5.38 Å². The fraction of sp³-hybridized carbons (Fsp3) is 0.444. The number of thiazole rings is 1. The molecule has 1 saturated heterocycles. The number of aromatic nitrogens is 1. The highest BCUT2D eigenvalue weighted by Gasteiger charge is 2.24. The molecule has 2 aliphatic rings. The van der Waals surface area contributed by atoms with Crippen LogP contribution in [-0.4, -0.2) is 17.4 Å². The van der Waals surface area contributed by atoms with E-state index >= 15 is 0 Å². The monoisotopic (exact) mass is 327 g/mol. The van der Waals surface area contributed by atoms with Gasteiger partial charge in [-0.3, -0.25) is 4.79 Å². The van der Waals surface area contributed by atoms with Gasteiger partial charge in [0.1, 0.15) is 10.7 Å². The molecule has 2 heterocycles. The number of benzene rings is 1. The molecule has 4 rings (SSSR count). The highest BCUT2D eigenvalue weighted by Crippen LogP contribution is 2.30. The lowest BCUT2D eigenvalue weighted by Crippen LogP contribution is -2.31. The number of nitrogens with zero attached hydrogens (tertiary/aromatic N) is 1. The Balaban J connectivity index is 1.48. The second-order valence-corrected chi connectivity index (χ2v) is 7.23. The Kier molecular flexibility index (Phi) is 4.14. The second-order valence-electron chi connectivity index (χ2n) is 6.34. The van der Waals surface area contributed by atoms with Crippen LogP contribution in [0.2, 0.25) is 0 Å². The number of carbonyl (C=O) groups excluding carboxylic acids is 1. The van der Waals surface area contributed by atoms with Crippen LogP contribution in [0.25, 0.3) is 0 Å². The van der Waals surface area contributed by atoms with Gasteiger partial charge in [0.15, 0.2) is 0 Å². The van der Waals surface area contributed by atoms with Crippen molar-refractivity contribution in [3.05, 3.63) is 51.5 Å². The van der Waals surface area contributed by atoms with Gasteiger partial charge in [0.25, 0.3) is 5.91 Å². The first-order chi connectivity index (χ1) is 11.3. The predicted octanol–water partition coefficient (Wildman–Crippen LogP) is 3.38. The summed E-state index contributed by atoms with van der Waals surface area (Å²) in [7, 11) is 0. The molecule has 1 aromatic carbocycles. The summed E-state index contributed by atoms with van der Waals surface area (Å²) < 4.78 is 0. The molecule has 2 aromatic rings. The summed E-state index contributed by atoms with van der Waals surface area (Å²) in [5.74, 6) is -0.0489. The summed E-state index contributed by atoms with van der Waals surface area (Å²) in [6.07, 6.45) is 5.53. The van der Waals surface area contributed by atoms with Crippen LogP contribution in [-0.2, 0) is 6.42 Å². The molecule has 5 heteroatoms. The molecule has 1 fully saturated rings. The minimum Gasteiger partial charge on any atom is -0.344 e. The number of fused-ring (bicyclic) bond motifs is 1. The van der Waals surface area contributed by atoms with Crippen LogP contribution in [0.5, 0.6) is 0 Å². The van der Waals surface area contributed by atoms with E-state index in [9.17, 15) is 4.79 Å².